The zero-order valence-corrected chi connectivity index (χ0v) is 14.6. The Balaban J connectivity index is 1.36. The van der Waals surface area contributed by atoms with E-state index in [1.165, 1.54) is 6.42 Å². The Morgan fingerprint density at radius 1 is 1.12 bits per heavy atom. The molecular formula is C20H22N4O2. The summed E-state index contributed by atoms with van der Waals surface area (Å²) < 4.78 is 10.9. The van der Waals surface area contributed by atoms with Crippen molar-refractivity contribution in [1.29, 1.82) is 0 Å². The lowest BCUT2D eigenvalue weighted by Gasteiger charge is -2.22. The molecule has 4 rings (SSSR count). The van der Waals surface area contributed by atoms with Gasteiger partial charge in [-0.3, -0.25) is 0 Å². The molecule has 1 N–H and O–H groups in total. The van der Waals surface area contributed by atoms with Crippen LogP contribution in [0.15, 0.2) is 53.2 Å². The van der Waals surface area contributed by atoms with Crippen molar-refractivity contribution >= 4 is 5.82 Å². The number of pyridine rings is 1. The average molecular weight is 350 g/mol. The Hall–Kier alpha value is -2.73. The largest absolute Gasteiger partial charge is 0.381 e. The lowest BCUT2D eigenvalue weighted by molar-refractivity contribution is 0.0595. The first-order chi connectivity index (χ1) is 12.9. The summed E-state index contributed by atoms with van der Waals surface area (Å²) in [4.78, 5) is 8.92. The van der Waals surface area contributed by atoms with E-state index in [-0.39, 0.29) is 0 Å². The summed E-state index contributed by atoms with van der Waals surface area (Å²) in [5.74, 6) is 2.58. The minimum absolute atomic E-state index is 0.496. The van der Waals surface area contributed by atoms with Gasteiger partial charge < -0.3 is 14.6 Å². The molecule has 26 heavy (non-hydrogen) atoms. The molecule has 0 bridgehead atoms. The molecule has 1 fully saturated rings. The van der Waals surface area contributed by atoms with E-state index in [1.54, 1.807) is 6.20 Å². The molecule has 0 saturated carbocycles. The van der Waals surface area contributed by atoms with E-state index in [0.29, 0.717) is 24.1 Å². The highest BCUT2D eigenvalue weighted by Gasteiger charge is 2.14. The summed E-state index contributed by atoms with van der Waals surface area (Å²) in [6.45, 7) is 2.60. The maximum atomic E-state index is 5.50. The third-order valence-electron chi connectivity index (χ3n) is 4.51. The highest BCUT2D eigenvalue weighted by atomic mass is 16.5. The van der Waals surface area contributed by atoms with E-state index in [9.17, 15) is 0 Å². The van der Waals surface area contributed by atoms with E-state index >= 15 is 0 Å². The third-order valence-corrected chi connectivity index (χ3v) is 4.51. The van der Waals surface area contributed by atoms with Crippen LogP contribution in [0.5, 0.6) is 0 Å². The van der Waals surface area contributed by atoms with Crippen LogP contribution in [0.2, 0.25) is 0 Å². The molecule has 2 aromatic heterocycles. The van der Waals surface area contributed by atoms with Crippen LogP contribution in [0.3, 0.4) is 0 Å². The van der Waals surface area contributed by atoms with Crippen molar-refractivity contribution in [3.05, 3.63) is 60.0 Å². The number of hydrogen-bond acceptors (Lipinski definition) is 6. The van der Waals surface area contributed by atoms with Gasteiger partial charge in [-0.1, -0.05) is 35.5 Å². The van der Waals surface area contributed by atoms with Crippen LogP contribution in [0.4, 0.5) is 5.82 Å². The van der Waals surface area contributed by atoms with Crippen molar-refractivity contribution < 1.29 is 9.26 Å². The molecule has 3 aromatic rings. The number of nitrogens with zero attached hydrogens (tertiary/aromatic N) is 3. The second kappa shape index (κ2) is 8.10. The SMILES string of the molecule is c1ccc(Cc2noc(-c3ccc(NC[C@@H]4CCCOC4)nc3)n2)cc1. The van der Waals surface area contributed by atoms with E-state index in [1.807, 2.05) is 30.3 Å². The molecule has 1 atom stereocenters. The van der Waals surface area contributed by atoms with E-state index in [2.05, 4.69) is 32.6 Å². The zero-order valence-electron chi connectivity index (χ0n) is 14.6. The van der Waals surface area contributed by atoms with Gasteiger partial charge in [0.1, 0.15) is 5.82 Å². The van der Waals surface area contributed by atoms with Crippen LogP contribution in [0.25, 0.3) is 11.5 Å². The number of rotatable bonds is 6. The predicted molar refractivity (Wildman–Crippen MR) is 98.8 cm³/mol. The lowest BCUT2D eigenvalue weighted by Crippen LogP contribution is -2.24. The van der Waals surface area contributed by atoms with Gasteiger partial charge in [0.15, 0.2) is 5.82 Å². The zero-order chi connectivity index (χ0) is 17.6. The van der Waals surface area contributed by atoms with Gasteiger partial charge in [0.25, 0.3) is 5.89 Å². The standard InChI is InChI=1S/C20H22N4O2/c1-2-5-15(6-3-1)11-19-23-20(26-24-19)17-8-9-18(22-13-17)21-12-16-7-4-10-25-14-16/h1-3,5-6,8-9,13,16H,4,7,10-12,14H2,(H,21,22)/t16-/m0/s1. The maximum absolute atomic E-state index is 5.50. The Morgan fingerprint density at radius 2 is 2.04 bits per heavy atom. The second-order valence-electron chi connectivity index (χ2n) is 6.57. The summed E-state index contributed by atoms with van der Waals surface area (Å²) >= 11 is 0. The number of benzene rings is 1. The van der Waals surface area contributed by atoms with E-state index in [4.69, 9.17) is 9.26 Å². The fraction of sp³-hybridized carbons (Fsp3) is 0.350. The van der Waals surface area contributed by atoms with Gasteiger partial charge in [0, 0.05) is 25.8 Å². The summed E-state index contributed by atoms with van der Waals surface area (Å²) in [5, 5.41) is 7.44. The van der Waals surface area contributed by atoms with Crippen molar-refractivity contribution in [2.75, 3.05) is 25.1 Å². The quantitative estimate of drug-likeness (QED) is 0.733. The summed E-state index contributed by atoms with van der Waals surface area (Å²) in [5.41, 5.74) is 1.98. The minimum atomic E-state index is 0.496. The molecule has 0 spiro atoms. The van der Waals surface area contributed by atoms with Crippen LogP contribution in [-0.4, -0.2) is 34.9 Å². The number of hydrogen-bond donors (Lipinski definition) is 1. The summed E-state index contributed by atoms with van der Waals surface area (Å²) in [6, 6.07) is 14.0. The van der Waals surface area contributed by atoms with Crippen LogP contribution in [0.1, 0.15) is 24.2 Å². The Morgan fingerprint density at radius 3 is 2.81 bits per heavy atom. The molecule has 1 saturated heterocycles. The molecular weight excluding hydrogens is 328 g/mol. The van der Waals surface area contributed by atoms with Gasteiger partial charge >= 0.3 is 0 Å². The Bertz CT molecular complexity index is 811. The maximum Gasteiger partial charge on any atom is 0.259 e. The topological polar surface area (TPSA) is 73.1 Å². The smallest absolute Gasteiger partial charge is 0.259 e. The summed E-state index contributed by atoms with van der Waals surface area (Å²) in [7, 11) is 0. The minimum Gasteiger partial charge on any atom is -0.381 e. The van der Waals surface area contributed by atoms with Crippen LogP contribution in [-0.2, 0) is 11.2 Å². The normalized spacial score (nSPS) is 17.2. The van der Waals surface area contributed by atoms with Gasteiger partial charge in [-0.2, -0.15) is 4.98 Å². The molecule has 0 radical (unpaired) electrons. The van der Waals surface area contributed by atoms with Crippen LogP contribution in [0, 0.1) is 5.92 Å². The number of nitrogens with one attached hydrogen (secondary N) is 1. The molecule has 6 nitrogen and oxygen atoms in total. The monoisotopic (exact) mass is 350 g/mol. The Kier molecular flexibility index (Phi) is 5.21. The van der Waals surface area contributed by atoms with E-state index in [0.717, 1.165) is 43.1 Å². The highest BCUT2D eigenvalue weighted by molar-refractivity contribution is 5.54. The first kappa shape index (κ1) is 16.7. The fourth-order valence-electron chi connectivity index (χ4n) is 3.06. The molecule has 0 aliphatic carbocycles. The third kappa shape index (κ3) is 4.26. The predicted octanol–water partition coefficient (Wildman–Crippen LogP) is 3.56. The van der Waals surface area contributed by atoms with Gasteiger partial charge in [0.05, 0.1) is 12.2 Å². The second-order valence-corrected chi connectivity index (χ2v) is 6.57. The van der Waals surface area contributed by atoms with Crippen molar-refractivity contribution in [1.82, 2.24) is 15.1 Å². The van der Waals surface area contributed by atoms with Crippen LogP contribution < -0.4 is 5.32 Å². The first-order valence-corrected chi connectivity index (χ1v) is 9.01. The lowest BCUT2D eigenvalue weighted by atomic mass is 10.0. The summed E-state index contributed by atoms with van der Waals surface area (Å²) in [6.07, 6.45) is 4.76. The molecule has 6 heteroatoms. The van der Waals surface area contributed by atoms with Crippen LogP contribution >= 0.6 is 0 Å². The molecule has 134 valence electrons. The van der Waals surface area contributed by atoms with E-state index < -0.39 is 0 Å². The first-order valence-electron chi connectivity index (χ1n) is 9.01. The van der Waals surface area contributed by atoms with Crippen molar-refractivity contribution in [3.63, 3.8) is 0 Å². The molecule has 1 aliphatic heterocycles. The highest BCUT2D eigenvalue weighted by Crippen LogP contribution is 2.19. The Labute approximate surface area is 152 Å². The van der Waals surface area contributed by atoms with Gasteiger partial charge in [0.2, 0.25) is 0 Å². The van der Waals surface area contributed by atoms with Crippen molar-refractivity contribution in [2.45, 2.75) is 19.3 Å². The van der Waals surface area contributed by atoms with Crippen molar-refractivity contribution in [3.8, 4) is 11.5 Å². The molecule has 1 aromatic carbocycles. The fourth-order valence-corrected chi connectivity index (χ4v) is 3.06. The molecule has 3 heterocycles. The van der Waals surface area contributed by atoms with Crippen molar-refractivity contribution in [2.24, 2.45) is 5.92 Å². The number of anilines is 1. The molecule has 0 amide bonds. The molecule has 1 aliphatic rings. The number of ether oxygens (including phenoxy) is 1. The van der Waals surface area contributed by atoms with Gasteiger partial charge in [-0.25, -0.2) is 4.98 Å². The molecule has 0 unspecified atom stereocenters. The van der Waals surface area contributed by atoms with Gasteiger partial charge in [-0.15, -0.1) is 0 Å². The average Bonchev–Trinajstić information content (AvgIpc) is 3.17. The van der Waals surface area contributed by atoms with Gasteiger partial charge in [-0.05, 0) is 36.5 Å². The number of aromatic nitrogens is 3.